The molecule has 2 atom stereocenters. The van der Waals surface area contributed by atoms with Gasteiger partial charge < -0.3 is 5.41 Å². The summed E-state index contributed by atoms with van der Waals surface area (Å²) < 4.78 is 0. The number of nitriles is 1. The molecule has 2 aliphatic carbocycles. The van der Waals surface area contributed by atoms with Gasteiger partial charge in [-0.1, -0.05) is 24.1 Å². The fourth-order valence-corrected chi connectivity index (χ4v) is 3.68. The van der Waals surface area contributed by atoms with Gasteiger partial charge in [0, 0.05) is 18.6 Å². The number of hydrogen-bond donors (Lipinski definition) is 1. The third-order valence-electron chi connectivity index (χ3n) is 4.88. The Balaban J connectivity index is 0.000000471. The first-order chi connectivity index (χ1) is 11.7. The molecule has 0 bridgehead atoms. The number of pyridine rings is 1. The van der Waals surface area contributed by atoms with Crippen LogP contribution in [0, 0.1) is 28.6 Å². The summed E-state index contributed by atoms with van der Waals surface area (Å²) in [4.78, 5) is 4.01. The lowest BCUT2D eigenvalue weighted by Gasteiger charge is -2.09. The highest BCUT2D eigenvalue weighted by Crippen LogP contribution is 2.50. The molecule has 1 N–H and O–H groups in total. The van der Waals surface area contributed by atoms with Crippen molar-refractivity contribution in [3.63, 3.8) is 0 Å². The van der Waals surface area contributed by atoms with Gasteiger partial charge in [0.2, 0.25) is 0 Å². The molecule has 1 heterocycles. The number of rotatable bonds is 3. The van der Waals surface area contributed by atoms with Gasteiger partial charge in [-0.2, -0.15) is 5.26 Å². The van der Waals surface area contributed by atoms with Crippen molar-refractivity contribution in [1.29, 1.82) is 10.7 Å². The Morgan fingerprint density at radius 3 is 2.58 bits per heavy atom. The average Bonchev–Trinajstić information content (AvgIpc) is 3.13. The molecule has 3 nitrogen and oxygen atoms in total. The SMILES string of the molecule is C=CCC.CC1=C(C=N)C2C/C(=C(\C#N)c3ccncc3)CC2C1. The van der Waals surface area contributed by atoms with Crippen LogP contribution in [0.3, 0.4) is 0 Å². The van der Waals surface area contributed by atoms with Crippen LogP contribution >= 0.6 is 0 Å². The maximum atomic E-state index is 9.49. The minimum absolute atomic E-state index is 0.452. The van der Waals surface area contributed by atoms with Crippen LogP contribution in [0.2, 0.25) is 0 Å². The number of nitrogens with one attached hydrogen (secondary N) is 1. The van der Waals surface area contributed by atoms with Gasteiger partial charge in [-0.05, 0) is 67.7 Å². The molecule has 1 fully saturated rings. The topological polar surface area (TPSA) is 60.5 Å². The molecular weight excluding hydrogens is 294 g/mol. The van der Waals surface area contributed by atoms with Crippen molar-refractivity contribution in [2.24, 2.45) is 11.8 Å². The van der Waals surface area contributed by atoms with E-state index in [1.807, 2.05) is 18.2 Å². The van der Waals surface area contributed by atoms with Gasteiger partial charge in [0.25, 0.3) is 0 Å². The third-order valence-corrected chi connectivity index (χ3v) is 4.88. The predicted octanol–water partition coefficient (Wildman–Crippen LogP) is 5.34. The molecule has 0 amide bonds. The molecule has 2 unspecified atom stereocenters. The third kappa shape index (κ3) is 3.71. The van der Waals surface area contributed by atoms with Crippen LogP contribution in [0.4, 0.5) is 0 Å². The first-order valence-electron chi connectivity index (χ1n) is 8.49. The number of fused-ring (bicyclic) bond motifs is 1. The first kappa shape index (κ1) is 17.9. The molecule has 1 aromatic rings. The molecular formula is C21H25N3. The zero-order chi connectivity index (χ0) is 17.5. The summed E-state index contributed by atoms with van der Waals surface area (Å²) >= 11 is 0. The molecule has 0 aromatic carbocycles. The Hall–Kier alpha value is -2.47. The highest BCUT2D eigenvalue weighted by atomic mass is 14.6. The summed E-state index contributed by atoms with van der Waals surface area (Å²) in [5.41, 5.74) is 5.58. The summed E-state index contributed by atoms with van der Waals surface area (Å²) in [5.74, 6) is 1.04. The van der Waals surface area contributed by atoms with Crippen LogP contribution in [0.25, 0.3) is 5.57 Å². The Labute approximate surface area is 144 Å². The molecule has 0 saturated heterocycles. The van der Waals surface area contributed by atoms with Crippen LogP contribution in [0.1, 0.15) is 45.1 Å². The second-order valence-corrected chi connectivity index (χ2v) is 6.38. The lowest BCUT2D eigenvalue weighted by atomic mass is 9.95. The van der Waals surface area contributed by atoms with Crippen molar-refractivity contribution >= 4 is 11.8 Å². The fourth-order valence-electron chi connectivity index (χ4n) is 3.68. The maximum absolute atomic E-state index is 9.49. The molecule has 2 aliphatic rings. The molecule has 3 rings (SSSR count). The highest BCUT2D eigenvalue weighted by molar-refractivity contribution is 5.82. The lowest BCUT2D eigenvalue weighted by molar-refractivity contribution is 0.487. The number of hydrogen-bond acceptors (Lipinski definition) is 3. The average molecular weight is 319 g/mol. The minimum atomic E-state index is 0.452. The van der Waals surface area contributed by atoms with Crippen molar-refractivity contribution in [1.82, 2.24) is 4.98 Å². The van der Waals surface area contributed by atoms with Crippen LogP contribution in [-0.2, 0) is 0 Å². The Kier molecular flexibility index (Phi) is 6.26. The molecule has 0 aliphatic heterocycles. The van der Waals surface area contributed by atoms with Crippen LogP contribution in [0.15, 0.2) is 53.9 Å². The summed E-state index contributed by atoms with van der Waals surface area (Å²) in [7, 11) is 0. The monoisotopic (exact) mass is 319 g/mol. The molecule has 0 radical (unpaired) electrons. The summed E-state index contributed by atoms with van der Waals surface area (Å²) in [6, 6.07) is 6.17. The van der Waals surface area contributed by atoms with E-state index < -0.39 is 0 Å². The lowest BCUT2D eigenvalue weighted by Crippen LogP contribution is -2.03. The fraction of sp³-hybridized carbons (Fsp3) is 0.381. The Morgan fingerprint density at radius 1 is 1.38 bits per heavy atom. The number of aromatic nitrogens is 1. The standard InChI is InChI=1S/C17H17N3.C4H8/c1-11-6-13-7-14(8-15(13)16(11)9-18)17(10-19)12-2-4-20-5-3-12;1-3-4-2/h2-5,9,13,15,18H,6-8H2,1H3;3H,1,4H2,2H3/b17-14+,18-9?;. The van der Waals surface area contributed by atoms with Crippen molar-refractivity contribution in [2.45, 2.75) is 39.5 Å². The van der Waals surface area contributed by atoms with Gasteiger partial charge in [0.05, 0.1) is 11.6 Å². The normalized spacial score (nSPS) is 23.7. The van der Waals surface area contributed by atoms with Crippen LogP contribution < -0.4 is 0 Å². The smallest absolute Gasteiger partial charge is 0.0997 e. The van der Waals surface area contributed by atoms with Crippen LogP contribution in [0.5, 0.6) is 0 Å². The second kappa shape index (κ2) is 8.40. The first-order valence-corrected chi connectivity index (χ1v) is 8.49. The Morgan fingerprint density at radius 2 is 2.04 bits per heavy atom. The zero-order valence-electron chi connectivity index (χ0n) is 14.5. The van der Waals surface area contributed by atoms with Gasteiger partial charge in [-0.25, -0.2) is 0 Å². The minimum Gasteiger partial charge on any atom is -0.308 e. The van der Waals surface area contributed by atoms with Crippen molar-refractivity contribution in [2.75, 3.05) is 0 Å². The van der Waals surface area contributed by atoms with Gasteiger partial charge in [-0.15, -0.1) is 6.58 Å². The van der Waals surface area contributed by atoms with E-state index in [0.717, 1.165) is 36.8 Å². The molecule has 1 aromatic heterocycles. The summed E-state index contributed by atoms with van der Waals surface area (Å²) in [6.45, 7) is 7.68. The Bertz CT molecular complexity index is 704. The van der Waals surface area contributed by atoms with Gasteiger partial charge in [0.1, 0.15) is 0 Å². The van der Waals surface area contributed by atoms with E-state index in [1.165, 1.54) is 22.9 Å². The zero-order valence-corrected chi connectivity index (χ0v) is 14.5. The van der Waals surface area contributed by atoms with Crippen molar-refractivity contribution in [3.8, 4) is 6.07 Å². The van der Waals surface area contributed by atoms with E-state index in [4.69, 9.17) is 5.41 Å². The van der Waals surface area contributed by atoms with Gasteiger partial charge in [0.15, 0.2) is 0 Å². The van der Waals surface area contributed by atoms with Gasteiger partial charge in [-0.3, -0.25) is 4.98 Å². The highest BCUT2D eigenvalue weighted by Gasteiger charge is 2.39. The predicted molar refractivity (Wildman–Crippen MR) is 99.6 cm³/mol. The number of allylic oxidation sites excluding steroid dienone is 5. The van der Waals surface area contributed by atoms with E-state index in [-0.39, 0.29) is 0 Å². The molecule has 24 heavy (non-hydrogen) atoms. The summed E-state index contributed by atoms with van der Waals surface area (Å²) in [5, 5.41) is 17.1. The van der Waals surface area contributed by atoms with Crippen molar-refractivity contribution in [3.05, 3.63) is 59.5 Å². The molecule has 0 spiro atoms. The molecule has 124 valence electrons. The van der Waals surface area contributed by atoms with E-state index >= 15 is 0 Å². The maximum Gasteiger partial charge on any atom is 0.0997 e. The van der Waals surface area contributed by atoms with Crippen molar-refractivity contribution < 1.29 is 0 Å². The largest absolute Gasteiger partial charge is 0.308 e. The molecule has 1 saturated carbocycles. The summed E-state index contributed by atoms with van der Waals surface area (Å²) in [6.07, 6.45) is 10.9. The quantitative estimate of drug-likeness (QED) is 0.464. The van der Waals surface area contributed by atoms with E-state index in [1.54, 1.807) is 12.4 Å². The number of nitrogens with zero attached hydrogens (tertiary/aromatic N) is 2. The van der Waals surface area contributed by atoms with E-state index in [2.05, 4.69) is 31.5 Å². The van der Waals surface area contributed by atoms with Gasteiger partial charge >= 0.3 is 0 Å². The van der Waals surface area contributed by atoms with E-state index in [9.17, 15) is 5.26 Å². The van der Waals surface area contributed by atoms with E-state index in [0.29, 0.717) is 11.8 Å². The molecule has 3 heteroatoms. The van der Waals surface area contributed by atoms with Crippen LogP contribution in [-0.4, -0.2) is 11.2 Å². The second-order valence-electron chi connectivity index (χ2n) is 6.38.